The Bertz CT molecular complexity index is 447. The molecular weight excluding hydrogens is 288 g/mol. The van der Waals surface area contributed by atoms with E-state index in [0.29, 0.717) is 19.3 Å². The van der Waals surface area contributed by atoms with E-state index in [-0.39, 0.29) is 13.0 Å². The summed E-state index contributed by atoms with van der Waals surface area (Å²) in [6.07, 6.45) is -0.851. The molecule has 0 aliphatic heterocycles. The molecule has 0 saturated heterocycles. The van der Waals surface area contributed by atoms with E-state index in [1.165, 1.54) is 0 Å². The molecule has 0 saturated carbocycles. The van der Waals surface area contributed by atoms with Gasteiger partial charge in [-0.3, -0.25) is 4.79 Å². The molecule has 0 bridgehead atoms. The molecule has 124 valence electrons. The largest absolute Gasteiger partial charge is 0.481 e. The predicted molar refractivity (Wildman–Crippen MR) is 83.2 cm³/mol. The number of halogens is 2. The first-order chi connectivity index (χ1) is 10.4. The second kappa shape index (κ2) is 8.83. The van der Waals surface area contributed by atoms with Crippen LogP contribution in [0.4, 0.5) is 8.78 Å². The molecule has 0 aliphatic rings. The molecule has 2 N–H and O–H groups in total. The van der Waals surface area contributed by atoms with Gasteiger partial charge in [-0.15, -0.1) is 0 Å². The molecule has 0 aromatic heterocycles. The van der Waals surface area contributed by atoms with Gasteiger partial charge in [-0.2, -0.15) is 0 Å². The van der Waals surface area contributed by atoms with Crippen LogP contribution < -0.4 is 5.32 Å². The van der Waals surface area contributed by atoms with Crippen molar-refractivity contribution in [2.45, 2.75) is 52.0 Å². The van der Waals surface area contributed by atoms with Gasteiger partial charge >= 0.3 is 5.97 Å². The van der Waals surface area contributed by atoms with Crippen molar-refractivity contribution in [2.75, 3.05) is 6.54 Å². The minimum atomic E-state index is -2.51. The Labute approximate surface area is 130 Å². The van der Waals surface area contributed by atoms with Crippen LogP contribution in [0.3, 0.4) is 0 Å². The van der Waals surface area contributed by atoms with Crippen LogP contribution in [0.15, 0.2) is 30.3 Å². The minimum Gasteiger partial charge on any atom is -0.481 e. The van der Waals surface area contributed by atoms with Crippen LogP contribution in [0.5, 0.6) is 0 Å². The molecule has 1 atom stereocenters. The number of carboxylic acids is 1. The van der Waals surface area contributed by atoms with Crippen molar-refractivity contribution in [3.8, 4) is 0 Å². The number of aryl methyl sites for hydroxylation is 1. The number of carboxylic acid groups (broad SMARTS) is 1. The van der Waals surface area contributed by atoms with E-state index < -0.39 is 23.9 Å². The fraction of sp³-hybridized carbons (Fsp3) is 0.588. The van der Waals surface area contributed by atoms with Crippen molar-refractivity contribution >= 4 is 5.97 Å². The van der Waals surface area contributed by atoms with Gasteiger partial charge in [-0.05, 0) is 31.2 Å². The van der Waals surface area contributed by atoms with Crippen molar-refractivity contribution in [3.05, 3.63) is 35.9 Å². The summed E-state index contributed by atoms with van der Waals surface area (Å²) in [5, 5.41) is 12.1. The zero-order chi connectivity index (χ0) is 16.6. The van der Waals surface area contributed by atoms with Crippen LogP contribution in [-0.2, 0) is 11.2 Å². The van der Waals surface area contributed by atoms with Crippen molar-refractivity contribution in [2.24, 2.45) is 5.41 Å². The molecule has 0 spiro atoms. The summed E-state index contributed by atoms with van der Waals surface area (Å²) in [5.41, 5.74) is 0.0327. The highest BCUT2D eigenvalue weighted by Crippen LogP contribution is 2.26. The van der Waals surface area contributed by atoms with Gasteiger partial charge in [0.05, 0.1) is 11.5 Å². The highest BCUT2D eigenvalue weighted by molar-refractivity contribution is 5.74. The normalized spacial score (nSPS) is 13.3. The van der Waals surface area contributed by atoms with Crippen molar-refractivity contribution in [1.82, 2.24) is 5.32 Å². The summed E-state index contributed by atoms with van der Waals surface area (Å²) >= 11 is 0. The molecule has 1 unspecified atom stereocenters. The summed E-state index contributed by atoms with van der Waals surface area (Å²) in [4.78, 5) is 11.4. The van der Waals surface area contributed by atoms with Crippen LogP contribution in [-0.4, -0.2) is 30.1 Å². The molecule has 0 aliphatic carbocycles. The maximum atomic E-state index is 13.2. The summed E-state index contributed by atoms with van der Waals surface area (Å²) in [7, 11) is 0. The van der Waals surface area contributed by atoms with Gasteiger partial charge in [-0.25, -0.2) is 8.78 Å². The summed E-state index contributed by atoms with van der Waals surface area (Å²) in [6.45, 7) is 3.63. The first-order valence-electron chi connectivity index (χ1n) is 7.74. The number of benzene rings is 1. The molecule has 22 heavy (non-hydrogen) atoms. The second-order valence-electron chi connectivity index (χ2n) is 5.64. The third kappa shape index (κ3) is 5.05. The van der Waals surface area contributed by atoms with Crippen molar-refractivity contribution in [3.63, 3.8) is 0 Å². The Balaban J connectivity index is 2.62. The van der Waals surface area contributed by atoms with E-state index in [1.807, 2.05) is 30.3 Å². The van der Waals surface area contributed by atoms with Gasteiger partial charge in [0.1, 0.15) is 0 Å². The Hall–Kier alpha value is -1.49. The highest BCUT2D eigenvalue weighted by Gasteiger charge is 2.36. The fourth-order valence-electron chi connectivity index (χ4n) is 2.49. The molecule has 3 nitrogen and oxygen atoms in total. The third-order valence-corrected chi connectivity index (χ3v) is 4.40. The molecule has 1 aromatic rings. The zero-order valence-electron chi connectivity index (χ0n) is 13.2. The molecule has 1 aromatic carbocycles. The zero-order valence-corrected chi connectivity index (χ0v) is 13.2. The van der Waals surface area contributed by atoms with E-state index in [1.54, 1.807) is 13.8 Å². The van der Waals surface area contributed by atoms with Crippen LogP contribution in [0.2, 0.25) is 0 Å². The Morgan fingerprint density at radius 3 is 2.27 bits per heavy atom. The number of hydrogen-bond acceptors (Lipinski definition) is 2. The van der Waals surface area contributed by atoms with Crippen LogP contribution in [0.25, 0.3) is 0 Å². The lowest BCUT2D eigenvalue weighted by Crippen LogP contribution is -2.46. The topological polar surface area (TPSA) is 49.3 Å². The van der Waals surface area contributed by atoms with Crippen LogP contribution >= 0.6 is 0 Å². The predicted octanol–water partition coefficient (Wildman–Crippen LogP) is 3.73. The quantitative estimate of drug-likeness (QED) is 0.692. The van der Waals surface area contributed by atoms with Gasteiger partial charge in [-0.1, -0.05) is 44.2 Å². The molecule has 0 fully saturated rings. The van der Waals surface area contributed by atoms with Gasteiger partial charge < -0.3 is 10.4 Å². The maximum Gasteiger partial charge on any atom is 0.310 e. The van der Waals surface area contributed by atoms with Crippen molar-refractivity contribution in [1.29, 1.82) is 0 Å². The number of rotatable bonds is 10. The average molecular weight is 313 g/mol. The smallest absolute Gasteiger partial charge is 0.310 e. The summed E-state index contributed by atoms with van der Waals surface area (Å²) in [6, 6.07) is 8.46. The monoisotopic (exact) mass is 313 g/mol. The lowest BCUT2D eigenvalue weighted by atomic mass is 9.82. The Morgan fingerprint density at radius 2 is 1.82 bits per heavy atom. The molecule has 0 radical (unpaired) electrons. The number of hydrogen-bond donors (Lipinski definition) is 2. The van der Waals surface area contributed by atoms with E-state index in [4.69, 9.17) is 0 Å². The van der Waals surface area contributed by atoms with E-state index in [9.17, 15) is 18.7 Å². The molecular formula is C17H25F2NO2. The van der Waals surface area contributed by atoms with Gasteiger partial charge in [0.2, 0.25) is 0 Å². The molecule has 5 heteroatoms. The number of alkyl halides is 2. The standard InChI is InChI=1S/C17H25F2NO2/c1-3-17(4-2,16(21)22)12-20-14(15(18)19)11-10-13-8-6-5-7-9-13/h5-9,14-15,20H,3-4,10-12H2,1-2H3,(H,21,22). The fourth-order valence-corrected chi connectivity index (χ4v) is 2.49. The number of nitrogens with one attached hydrogen (secondary N) is 1. The lowest BCUT2D eigenvalue weighted by Gasteiger charge is -2.29. The SMILES string of the molecule is CCC(CC)(CNC(CCc1ccccc1)C(F)F)C(=O)O. The first kappa shape index (κ1) is 18.6. The summed E-state index contributed by atoms with van der Waals surface area (Å²) in [5.74, 6) is -0.930. The first-order valence-corrected chi connectivity index (χ1v) is 7.74. The number of aliphatic carboxylic acids is 1. The van der Waals surface area contributed by atoms with E-state index in [2.05, 4.69) is 5.32 Å². The third-order valence-electron chi connectivity index (χ3n) is 4.40. The van der Waals surface area contributed by atoms with Crippen molar-refractivity contribution < 1.29 is 18.7 Å². The lowest BCUT2D eigenvalue weighted by molar-refractivity contribution is -0.149. The van der Waals surface area contributed by atoms with E-state index in [0.717, 1.165) is 5.56 Å². The Morgan fingerprint density at radius 1 is 1.23 bits per heavy atom. The van der Waals surface area contributed by atoms with Gasteiger partial charge in [0.25, 0.3) is 6.43 Å². The van der Waals surface area contributed by atoms with Gasteiger partial charge in [0.15, 0.2) is 0 Å². The number of carbonyl (C=O) groups is 1. The van der Waals surface area contributed by atoms with Crippen LogP contribution in [0.1, 0.15) is 38.7 Å². The molecule has 1 rings (SSSR count). The average Bonchev–Trinajstić information content (AvgIpc) is 2.51. The van der Waals surface area contributed by atoms with E-state index >= 15 is 0 Å². The van der Waals surface area contributed by atoms with Crippen LogP contribution in [0, 0.1) is 5.41 Å². The second-order valence-corrected chi connectivity index (χ2v) is 5.64. The molecule has 0 heterocycles. The molecule has 0 amide bonds. The maximum absolute atomic E-state index is 13.2. The highest BCUT2D eigenvalue weighted by atomic mass is 19.3. The minimum absolute atomic E-state index is 0.0686. The summed E-state index contributed by atoms with van der Waals surface area (Å²) < 4.78 is 26.4. The van der Waals surface area contributed by atoms with Gasteiger partial charge in [0, 0.05) is 6.54 Å². The Kier molecular flexibility index (Phi) is 7.45.